The highest BCUT2D eigenvalue weighted by atomic mass is 16.2. The third kappa shape index (κ3) is 5.83. The quantitative estimate of drug-likeness (QED) is 0.546. The summed E-state index contributed by atoms with van der Waals surface area (Å²) in [6.07, 6.45) is 2.32. The van der Waals surface area contributed by atoms with Crippen LogP contribution in [0.3, 0.4) is 0 Å². The molecule has 0 radical (unpaired) electrons. The van der Waals surface area contributed by atoms with Gasteiger partial charge < -0.3 is 25.8 Å². The summed E-state index contributed by atoms with van der Waals surface area (Å²) in [5, 5.41) is 2.90. The van der Waals surface area contributed by atoms with E-state index in [2.05, 4.69) is 5.32 Å². The number of Topliss-reactive ketones (excluding diaryl/α,β-unsaturated/α-hetero) is 1. The molecular weight excluding hydrogens is 446 g/mol. The maximum absolute atomic E-state index is 13.6. The smallest absolute Gasteiger partial charge is 0.251 e. The van der Waals surface area contributed by atoms with Crippen LogP contribution in [0.25, 0.3) is 0 Å². The van der Waals surface area contributed by atoms with Gasteiger partial charge in [0.2, 0.25) is 11.8 Å². The van der Waals surface area contributed by atoms with Crippen LogP contribution in [0.1, 0.15) is 56.8 Å². The van der Waals surface area contributed by atoms with Crippen LogP contribution >= 0.6 is 0 Å². The predicted octanol–water partition coefficient (Wildman–Crippen LogP) is 1.41. The average Bonchev–Trinajstić information content (AvgIpc) is 3.39. The molecule has 2 fully saturated rings. The van der Waals surface area contributed by atoms with Gasteiger partial charge in [-0.15, -0.1) is 0 Å². The third-order valence-corrected chi connectivity index (χ3v) is 6.86. The molecule has 3 N–H and O–H groups in total. The van der Waals surface area contributed by atoms with Crippen molar-refractivity contribution in [1.29, 1.82) is 0 Å². The van der Waals surface area contributed by atoms with Crippen LogP contribution in [0.4, 0.5) is 5.69 Å². The number of hydrogen-bond donors (Lipinski definition) is 2. The first-order valence-corrected chi connectivity index (χ1v) is 12.5. The molecule has 4 atom stereocenters. The van der Waals surface area contributed by atoms with Gasteiger partial charge >= 0.3 is 0 Å². The van der Waals surface area contributed by atoms with E-state index < -0.39 is 18.1 Å². The molecule has 0 aromatic heterocycles. The van der Waals surface area contributed by atoms with E-state index in [4.69, 9.17) is 5.73 Å². The predicted molar refractivity (Wildman–Crippen MR) is 135 cm³/mol. The van der Waals surface area contributed by atoms with Gasteiger partial charge in [0.15, 0.2) is 5.78 Å². The highest BCUT2D eigenvalue weighted by molar-refractivity contribution is 6.01. The second-order valence-electron chi connectivity index (χ2n) is 10.3. The molecule has 2 saturated heterocycles. The highest BCUT2D eigenvalue weighted by Gasteiger charge is 2.52. The van der Waals surface area contributed by atoms with Crippen molar-refractivity contribution in [2.75, 3.05) is 32.1 Å². The minimum atomic E-state index is -0.755. The van der Waals surface area contributed by atoms with Crippen LogP contribution in [0.5, 0.6) is 0 Å². The van der Waals surface area contributed by atoms with Gasteiger partial charge in [-0.25, -0.2) is 0 Å². The summed E-state index contributed by atoms with van der Waals surface area (Å²) in [4.78, 5) is 57.4. The molecule has 9 nitrogen and oxygen atoms in total. The lowest BCUT2D eigenvalue weighted by molar-refractivity contribution is -0.138. The van der Waals surface area contributed by atoms with E-state index in [-0.39, 0.29) is 42.0 Å². The number of hydrogen-bond acceptors (Lipinski definition) is 6. The molecule has 192 valence electrons. The number of fused-ring (bicyclic) bond motifs is 1. The van der Waals surface area contributed by atoms with E-state index in [1.807, 2.05) is 51.9 Å². The fourth-order valence-corrected chi connectivity index (χ4v) is 5.05. The molecule has 0 aliphatic carbocycles. The lowest BCUT2D eigenvalue weighted by Gasteiger charge is -2.29. The Hall–Kier alpha value is -2.94. The maximum atomic E-state index is 13.6. The number of carbonyl (C=O) groups excluding carboxylic acids is 4. The molecule has 1 aromatic carbocycles. The number of rotatable bonds is 9. The number of benzene rings is 1. The van der Waals surface area contributed by atoms with Crippen LogP contribution < -0.4 is 16.0 Å². The fourth-order valence-electron chi connectivity index (χ4n) is 5.05. The second-order valence-corrected chi connectivity index (χ2v) is 10.3. The lowest BCUT2D eigenvalue weighted by Crippen LogP contribution is -2.53. The number of likely N-dealkylation sites (tertiary alicyclic amines) is 2. The monoisotopic (exact) mass is 485 g/mol. The molecule has 35 heavy (non-hydrogen) atoms. The number of ketones is 1. The summed E-state index contributed by atoms with van der Waals surface area (Å²) in [6, 6.07) is 4.75. The Balaban J connectivity index is 1.75. The van der Waals surface area contributed by atoms with E-state index in [0.717, 1.165) is 12.1 Å². The third-order valence-electron chi connectivity index (χ3n) is 6.86. The van der Waals surface area contributed by atoms with Crippen molar-refractivity contribution in [2.45, 2.75) is 70.6 Å². The topological polar surface area (TPSA) is 116 Å². The normalized spacial score (nSPS) is 21.2. The highest BCUT2D eigenvalue weighted by Crippen LogP contribution is 2.31. The Bertz CT molecular complexity index is 946. The molecule has 1 aromatic rings. The van der Waals surface area contributed by atoms with Gasteiger partial charge in [0, 0.05) is 31.9 Å². The Morgan fingerprint density at radius 1 is 1.11 bits per heavy atom. The van der Waals surface area contributed by atoms with Crippen LogP contribution in [0, 0.1) is 5.92 Å². The number of nitrogens with one attached hydrogen (secondary N) is 1. The molecule has 2 aliphatic rings. The molecule has 3 amide bonds. The molecular formula is C26H39N5O4. The van der Waals surface area contributed by atoms with E-state index in [9.17, 15) is 19.2 Å². The van der Waals surface area contributed by atoms with Crippen molar-refractivity contribution in [1.82, 2.24) is 15.1 Å². The van der Waals surface area contributed by atoms with Crippen molar-refractivity contribution in [3.63, 3.8) is 0 Å². The Kier molecular flexibility index (Phi) is 8.53. The van der Waals surface area contributed by atoms with Crippen molar-refractivity contribution in [3.05, 3.63) is 29.8 Å². The van der Waals surface area contributed by atoms with Crippen LogP contribution in [-0.4, -0.2) is 84.7 Å². The van der Waals surface area contributed by atoms with Crippen molar-refractivity contribution in [2.24, 2.45) is 11.7 Å². The molecule has 2 aliphatic heterocycles. The van der Waals surface area contributed by atoms with Crippen molar-refractivity contribution in [3.8, 4) is 0 Å². The van der Waals surface area contributed by atoms with Crippen molar-refractivity contribution < 1.29 is 19.2 Å². The van der Waals surface area contributed by atoms with E-state index >= 15 is 0 Å². The summed E-state index contributed by atoms with van der Waals surface area (Å²) < 4.78 is 0. The standard InChI is InChI=1S/C26H39N5O4/c1-6-7-19(27)25(34)31-15-22(32)23-21(31)12-13-30(23)26(35)20(14-16(2)3)28-24(33)17-8-10-18(11-9-17)29(4)5/h8-11,16,19-21,23H,6-7,12-15,27H2,1-5H3,(H,28,33)/t19-,20-,21?,23?/m0/s1. The number of nitrogens with zero attached hydrogens (tertiary/aromatic N) is 3. The first-order valence-electron chi connectivity index (χ1n) is 12.5. The second kappa shape index (κ2) is 11.2. The fraction of sp³-hybridized carbons (Fsp3) is 0.615. The van der Waals surface area contributed by atoms with Gasteiger partial charge in [-0.2, -0.15) is 0 Å². The first-order chi connectivity index (χ1) is 16.5. The van der Waals surface area contributed by atoms with Crippen LogP contribution in [0.2, 0.25) is 0 Å². The lowest BCUT2D eigenvalue weighted by atomic mass is 10.0. The van der Waals surface area contributed by atoms with Gasteiger partial charge in [0.1, 0.15) is 12.1 Å². The van der Waals surface area contributed by atoms with Gasteiger partial charge in [0.25, 0.3) is 5.91 Å². The molecule has 0 spiro atoms. The number of anilines is 1. The Morgan fingerprint density at radius 2 is 1.77 bits per heavy atom. The van der Waals surface area contributed by atoms with Gasteiger partial charge in [0.05, 0.1) is 18.6 Å². The van der Waals surface area contributed by atoms with Gasteiger partial charge in [-0.1, -0.05) is 27.2 Å². The summed E-state index contributed by atoms with van der Waals surface area (Å²) in [6.45, 7) is 6.28. The molecule has 3 rings (SSSR count). The minimum Gasteiger partial charge on any atom is -0.378 e. The Labute approximate surface area is 208 Å². The summed E-state index contributed by atoms with van der Waals surface area (Å²) in [7, 11) is 3.85. The summed E-state index contributed by atoms with van der Waals surface area (Å²) >= 11 is 0. The summed E-state index contributed by atoms with van der Waals surface area (Å²) in [5.74, 6) is -0.819. The largest absolute Gasteiger partial charge is 0.378 e. The molecule has 0 saturated carbocycles. The van der Waals surface area contributed by atoms with Crippen LogP contribution in [0.15, 0.2) is 24.3 Å². The van der Waals surface area contributed by atoms with Crippen molar-refractivity contribution >= 4 is 29.2 Å². The zero-order chi connectivity index (χ0) is 25.9. The number of nitrogens with two attached hydrogens (primary N) is 1. The molecule has 2 unspecified atom stereocenters. The van der Waals surface area contributed by atoms with Gasteiger partial charge in [-0.05, 0) is 49.4 Å². The first kappa shape index (κ1) is 26.7. The molecule has 0 bridgehead atoms. The minimum absolute atomic E-state index is 0.0191. The summed E-state index contributed by atoms with van der Waals surface area (Å²) in [5.41, 5.74) is 7.47. The molecule has 2 heterocycles. The Morgan fingerprint density at radius 3 is 2.34 bits per heavy atom. The zero-order valence-corrected chi connectivity index (χ0v) is 21.5. The molecule has 9 heteroatoms. The number of amides is 3. The SMILES string of the molecule is CCC[C@H](N)C(=O)N1CC(=O)C2C1CCN2C(=O)[C@H](CC(C)C)NC(=O)c1ccc(N(C)C)cc1. The average molecular weight is 486 g/mol. The van der Waals surface area contributed by atoms with Gasteiger partial charge in [-0.3, -0.25) is 19.2 Å². The van der Waals surface area contributed by atoms with Crippen LogP contribution in [-0.2, 0) is 14.4 Å². The maximum Gasteiger partial charge on any atom is 0.251 e. The number of carbonyl (C=O) groups is 4. The van der Waals surface area contributed by atoms with E-state index in [0.29, 0.717) is 31.4 Å². The zero-order valence-electron chi connectivity index (χ0n) is 21.5. The van der Waals surface area contributed by atoms with E-state index in [1.54, 1.807) is 21.9 Å². The van der Waals surface area contributed by atoms with E-state index in [1.165, 1.54) is 0 Å².